The van der Waals surface area contributed by atoms with Gasteiger partial charge in [-0.2, -0.15) is 0 Å². The van der Waals surface area contributed by atoms with Crippen LogP contribution in [0.2, 0.25) is 0 Å². The average Bonchev–Trinajstić information content (AvgIpc) is 2.55. The van der Waals surface area contributed by atoms with Gasteiger partial charge >= 0.3 is 5.97 Å². The van der Waals surface area contributed by atoms with Crippen LogP contribution in [0.3, 0.4) is 0 Å². The number of benzene rings is 2. The van der Waals surface area contributed by atoms with E-state index in [1.807, 2.05) is 0 Å². The van der Waals surface area contributed by atoms with Gasteiger partial charge in [0.15, 0.2) is 0 Å². The summed E-state index contributed by atoms with van der Waals surface area (Å²) in [7, 11) is 0. The summed E-state index contributed by atoms with van der Waals surface area (Å²) in [6, 6.07) is 13.5. The number of nitrogens with zero attached hydrogens (tertiary/aromatic N) is 1. The number of ether oxygens (including phenoxy) is 1. The Hall–Kier alpha value is -3.15. The van der Waals surface area contributed by atoms with Gasteiger partial charge in [0, 0.05) is 5.56 Å². The third-order valence-electron chi connectivity index (χ3n) is 3.27. The zero-order valence-corrected chi connectivity index (χ0v) is 11.4. The van der Waals surface area contributed by atoms with Crippen molar-refractivity contribution in [3.05, 3.63) is 70.0 Å². The van der Waals surface area contributed by atoms with Gasteiger partial charge < -0.3 is 9.84 Å². The maximum atomic E-state index is 11.7. The molecule has 0 spiro atoms. The molecule has 2 aromatic carbocycles. The van der Waals surface area contributed by atoms with E-state index in [9.17, 15) is 9.59 Å². The second kappa shape index (κ2) is 5.69. The predicted octanol–water partition coefficient (Wildman–Crippen LogP) is 2.20. The van der Waals surface area contributed by atoms with Crippen LogP contribution in [0.5, 0.6) is 5.88 Å². The van der Waals surface area contributed by atoms with E-state index in [1.54, 1.807) is 42.5 Å². The van der Waals surface area contributed by atoms with Crippen LogP contribution in [0, 0.1) is 0 Å². The van der Waals surface area contributed by atoms with E-state index >= 15 is 0 Å². The Bertz CT molecular complexity index is 902. The van der Waals surface area contributed by atoms with E-state index in [1.165, 1.54) is 6.07 Å². The fraction of sp³-hybridized carbons (Fsp3) is 0.0625. The molecule has 1 aromatic heterocycles. The summed E-state index contributed by atoms with van der Waals surface area (Å²) in [5.41, 5.74) is 0.414. The molecule has 2 N–H and O–H groups in total. The van der Waals surface area contributed by atoms with Crippen molar-refractivity contribution in [2.45, 2.75) is 6.61 Å². The molecule has 110 valence electrons. The first-order chi connectivity index (χ1) is 10.7. The van der Waals surface area contributed by atoms with Crippen LogP contribution >= 0.6 is 0 Å². The number of nitrogens with one attached hydrogen (secondary N) is 1. The lowest BCUT2D eigenvalue weighted by Crippen LogP contribution is -2.11. The van der Waals surface area contributed by atoms with E-state index in [4.69, 9.17) is 9.84 Å². The Kier molecular flexibility index (Phi) is 3.57. The quantitative estimate of drug-likeness (QED) is 0.770. The lowest BCUT2D eigenvalue weighted by Gasteiger charge is -2.09. The number of aromatic amines is 1. The van der Waals surface area contributed by atoms with Gasteiger partial charge in [0.05, 0.1) is 16.3 Å². The molecule has 0 atom stereocenters. The monoisotopic (exact) mass is 296 g/mol. The molecule has 0 aliphatic rings. The van der Waals surface area contributed by atoms with Gasteiger partial charge in [-0.25, -0.2) is 9.89 Å². The van der Waals surface area contributed by atoms with E-state index in [0.717, 1.165) is 0 Å². The van der Waals surface area contributed by atoms with E-state index in [0.29, 0.717) is 16.3 Å². The minimum atomic E-state index is -1.02. The number of hydrogen-bond donors (Lipinski definition) is 2. The molecule has 0 saturated heterocycles. The van der Waals surface area contributed by atoms with Crippen LogP contribution in [-0.4, -0.2) is 21.3 Å². The number of H-pyrrole nitrogens is 1. The smallest absolute Gasteiger partial charge is 0.336 e. The largest absolute Gasteiger partial charge is 0.478 e. The third kappa shape index (κ3) is 2.54. The van der Waals surface area contributed by atoms with Crippen molar-refractivity contribution in [2.75, 3.05) is 0 Å². The highest BCUT2D eigenvalue weighted by atomic mass is 16.5. The predicted molar refractivity (Wildman–Crippen MR) is 80.1 cm³/mol. The average molecular weight is 296 g/mol. The summed E-state index contributed by atoms with van der Waals surface area (Å²) >= 11 is 0. The summed E-state index contributed by atoms with van der Waals surface area (Å²) in [6.07, 6.45) is 0. The Labute approximate surface area is 125 Å². The molecule has 0 saturated carbocycles. The van der Waals surface area contributed by atoms with Crippen molar-refractivity contribution in [3.8, 4) is 5.88 Å². The van der Waals surface area contributed by atoms with Crippen LogP contribution in [0.25, 0.3) is 10.8 Å². The van der Waals surface area contributed by atoms with Crippen LogP contribution in [0.1, 0.15) is 15.9 Å². The molecule has 0 amide bonds. The van der Waals surface area contributed by atoms with Gasteiger partial charge in [-0.1, -0.05) is 30.3 Å². The van der Waals surface area contributed by atoms with Crippen molar-refractivity contribution in [1.82, 2.24) is 10.2 Å². The zero-order chi connectivity index (χ0) is 15.5. The molecule has 6 nitrogen and oxygen atoms in total. The zero-order valence-electron chi connectivity index (χ0n) is 11.4. The summed E-state index contributed by atoms with van der Waals surface area (Å²) in [6.45, 7) is 0.0471. The molecule has 3 rings (SSSR count). The fourth-order valence-corrected chi connectivity index (χ4v) is 2.20. The van der Waals surface area contributed by atoms with Crippen LogP contribution in [0.15, 0.2) is 53.3 Å². The van der Waals surface area contributed by atoms with Crippen molar-refractivity contribution < 1.29 is 14.6 Å². The number of carboxylic acid groups (broad SMARTS) is 1. The normalized spacial score (nSPS) is 10.5. The molecule has 0 fully saturated rings. The molecular formula is C16H12N2O4. The molecule has 6 heteroatoms. The first-order valence-corrected chi connectivity index (χ1v) is 6.58. The fourth-order valence-electron chi connectivity index (χ4n) is 2.20. The van der Waals surface area contributed by atoms with Crippen molar-refractivity contribution in [1.29, 1.82) is 0 Å². The molecule has 0 aliphatic carbocycles. The van der Waals surface area contributed by atoms with Crippen molar-refractivity contribution in [3.63, 3.8) is 0 Å². The number of aromatic nitrogens is 2. The highest BCUT2D eigenvalue weighted by Gasteiger charge is 2.11. The number of aromatic carboxylic acids is 1. The van der Waals surface area contributed by atoms with E-state index in [-0.39, 0.29) is 23.6 Å². The summed E-state index contributed by atoms with van der Waals surface area (Å²) < 4.78 is 5.61. The van der Waals surface area contributed by atoms with Gasteiger partial charge in [0.25, 0.3) is 5.56 Å². The maximum absolute atomic E-state index is 11.7. The number of carbonyl (C=O) groups is 1. The van der Waals surface area contributed by atoms with E-state index < -0.39 is 5.97 Å². The minimum absolute atomic E-state index is 0.0471. The van der Waals surface area contributed by atoms with Gasteiger partial charge in [-0.05, 0) is 18.2 Å². The first-order valence-electron chi connectivity index (χ1n) is 6.58. The topological polar surface area (TPSA) is 92.3 Å². The number of hydrogen-bond acceptors (Lipinski definition) is 4. The Morgan fingerprint density at radius 2 is 1.77 bits per heavy atom. The second-order valence-corrected chi connectivity index (χ2v) is 4.65. The van der Waals surface area contributed by atoms with E-state index in [2.05, 4.69) is 10.2 Å². The minimum Gasteiger partial charge on any atom is -0.478 e. The first kappa shape index (κ1) is 13.8. The Balaban J connectivity index is 1.94. The number of carboxylic acids is 1. The number of fused-ring (bicyclic) bond motifs is 1. The van der Waals surface area contributed by atoms with Gasteiger partial charge in [-0.3, -0.25) is 4.79 Å². The molecule has 3 aromatic rings. The van der Waals surface area contributed by atoms with Crippen LogP contribution < -0.4 is 10.3 Å². The molecule has 0 unspecified atom stereocenters. The molecule has 1 heterocycles. The van der Waals surface area contributed by atoms with Gasteiger partial charge in [-0.15, -0.1) is 5.10 Å². The third-order valence-corrected chi connectivity index (χ3v) is 3.27. The molecule has 0 radical (unpaired) electrons. The second-order valence-electron chi connectivity index (χ2n) is 4.65. The standard InChI is InChI=1S/C16H12N2O4/c19-14-12-7-3-4-8-13(12)15(18-17-14)22-9-10-5-1-2-6-11(10)16(20)21/h1-8H,9H2,(H,17,19)(H,20,21). The summed E-state index contributed by atoms with van der Waals surface area (Å²) in [4.78, 5) is 22.9. The van der Waals surface area contributed by atoms with Gasteiger partial charge in [0.1, 0.15) is 6.61 Å². The molecule has 0 aliphatic heterocycles. The van der Waals surface area contributed by atoms with Crippen molar-refractivity contribution in [2.24, 2.45) is 0 Å². The molecule has 0 bridgehead atoms. The van der Waals surface area contributed by atoms with Crippen LogP contribution in [0.4, 0.5) is 0 Å². The van der Waals surface area contributed by atoms with Crippen molar-refractivity contribution >= 4 is 16.7 Å². The highest BCUT2D eigenvalue weighted by Crippen LogP contribution is 2.20. The van der Waals surface area contributed by atoms with Gasteiger partial charge in [0.2, 0.25) is 5.88 Å². The molecular weight excluding hydrogens is 284 g/mol. The SMILES string of the molecule is O=C(O)c1ccccc1COc1n[nH]c(=O)c2ccccc12. The highest BCUT2D eigenvalue weighted by molar-refractivity contribution is 5.89. The van der Waals surface area contributed by atoms with Crippen LogP contribution in [-0.2, 0) is 6.61 Å². The summed E-state index contributed by atoms with van der Waals surface area (Å²) in [5.74, 6) is -0.756. The lowest BCUT2D eigenvalue weighted by molar-refractivity contribution is 0.0694. The maximum Gasteiger partial charge on any atom is 0.336 e. The Morgan fingerprint density at radius 3 is 2.55 bits per heavy atom. The Morgan fingerprint density at radius 1 is 1.09 bits per heavy atom. The lowest BCUT2D eigenvalue weighted by atomic mass is 10.1. The number of rotatable bonds is 4. The summed E-state index contributed by atoms with van der Waals surface area (Å²) in [5, 5.41) is 16.5. The molecule has 22 heavy (non-hydrogen) atoms.